The van der Waals surface area contributed by atoms with E-state index in [-0.39, 0.29) is 24.3 Å². The number of likely N-dealkylation sites (tertiary alicyclic amines) is 1. The van der Waals surface area contributed by atoms with Crippen LogP contribution in [-0.4, -0.2) is 102 Å². The van der Waals surface area contributed by atoms with Crippen LogP contribution in [0.4, 0.5) is 11.5 Å². The van der Waals surface area contributed by atoms with Crippen molar-refractivity contribution in [1.82, 2.24) is 19.8 Å². The second-order valence-corrected chi connectivity index (χ2v) is 15.0. The third-order valence-corrected chi connectivity index (χ3v) is 10.4. The Bertz CT molecular complexity index is 1850. The minimum Gasteiger partial charge on any atom is -0.463 e. The lowest BCUT2D eigenvalue weighted by Crippen LogP contribution is -2.55. The monoisotopic (exact) mass is 693 g/mol. The molecule has 2 bridgehead atoms. The van der Waals surface area contributed by atoms with E-state index in [2.05, 4.69) is 33.4 Å². The normalized spacial score (nSPS) is 21.8. The molecule has 3 fully saturated rings. The topological polar surface area (TPSA) is 124 Å². The molecule has 0 aliphatic carbocycles. The Labute approximate surface area is 299 Å². The first-order chi connectivity index (χ1) is 24.6. The molecule has 1 aromatic heterocycles. The van der Waals surface area contributed by atoms with Gasteiger partial charge in [0, 0.05) is 68.0 Å². The average molecular weight is 694 g/mol. The van der Waals surface area contributed by atoms with E-state index in [1.54, 1.807) is 4.90 Å². The zero-order valence-corrected chi connectivity index (χ0v) is 29.8. The van der Waals surface area contributed by atoms with E-state index >= 15 is 0 Å². The highest BCUT2D eigenvalue weighted by molar-refractivity contribution is 5.96. The number of esters is 1. The molecule has 51 heavy (non-hydrogen) atoms. The molecule has 0 radical (unpaired) electrons. The molecule has 0 N–H and O–H groups in total. The highest BCUT2D eigenvalue weighted by Gasteiger charge is 2.38. The summed E-state index contributed by atoms with van der Waals surface area (Å²) in [6.45, 7) is 15.1. The smallest absolute Gasteiger partial charge is 0.318 e. The predicted molar refractivity (Wildman–Crippen MR) is 194 cm³/mol. The van der Waals surface area contributed by atoms with Crippen LogP contribution in [0.3, 0.4) is 0 Å². The fourth-order valence-corrected chi connectivity index (χ4v) is 7.68. The number of hydrogen-bond donors (Lipinski definition) is 0. The number of rotatable bonds is 10. The third kappa shape index (κ3) is 7.37. The van der Waals surface area contributed by atoms with Crippen LogP contribution in [0.2, 0.25) is 0 Å². The van der Waals surface area contributed by atoms with Crippen molar-refractivity contribution in [1.29, 1.82) is 5.26 Å². The molecular formula is C39H47N7O5. The van der Waals surface area contributed by atoms with Gasteiger partial charge in [-0.25, -0.2) is 0 Å². The van der Waals surface area contributed by atoms with Crippen LogP contribution in [0.15, 0.2) is 49.1 Å². The molecule has 1 amide bonds. The number of ether oxygens (including phenoxy) is 3. The van der Waals surface area contributed by atoms with E-state index in [1.165, 1.54) is 6.08 Å². The number of piperazine rings is 1. The number of fused-ring (bicyclic) bond motifs is 4. The first-order valence-electron chi connectivity index (χ1n) is 18.0. The Kier molecular flexibility index (Phi) is 9.86. The summed E-state index contributed by atoms with van der Waals surface area (Å²) in [4.78, 5) is 44.2. The summed E-state index contributed by atoms with van der Waals surface area (Å²) in [6, 6.07) is 14.8. The van der Waals surface area contributed by atoms with Gasteiger partial charge < -0.3 is 28.9 Å². The average Bonchev–Trinajstić information content (AvgIpc) is 3.76. The van der Waals surface area contributed by atoms with Crippen molar-refractivity contribution in [3.63, 3.8) is 0 Å². The Balaban J connectivity index is 1.17. The Morgan fingerprint density at radius 3 is 2.71 bits per heavy atom. The molecule has 2 aromatic carbocycles. The van der Waals surface area contributed by atoms with Crippen molar-refractivity contribution in [2.24, 2.45) is 5.41 Å². The molecule has 4 aliphatic heterocycles. The maximum atomic E-state index is 12.9. The van der Waals surface area contributed by atoms with Crippen molar-refractivity contribution in [2.45, 2.75) is 71.2 Å². The number of nitriles is 1. The molecule has 4 aliphatic rings. The zero-order chi connectivity index (χ0) is 35.7. The predicted octanol–water partition coefficient (Wildman–Crippen LogP) is 4.50. The van der Waals surface area contributed by atoms with Gasteiger partial charge in [-0.3, -0.25) is 14.5 Å². The second kappa shape index (κ2) is 14.5. The number of benzene rings is 2. The number of morpholine rings is 1. The molecule has 3 atom stereocenters. The number of carbonyl (C=O) groups excluding carboxylic acids is 2. The Morgan fingerprint density at radius 2 is 1.96 bits per heavy atom. The van der Waals surface area contributed by atoms with Gasteiger partial charge in [0.2, 0.25) is 5.91 Å². The molecule has 1 unspecified atom stereocenters. The molecule has 268 valence electrons. The van der Waals surface area contributed by atoms with E-state index in [0.29, 0.717) is 69.7 Å². The molecule has 3 aromatic rings. The van der Waals surface area contributed by atoms with Gasteiger partial charge in [-0.05, 0) is 57.6 Å². The van der Waals surface area contributed by atoms with Crippen LogP contribution in [0.5, 0.6) is 11.8 Å². The van der Waals surface area contributed by atoms with Crippen molar-refractivity contribution < 1.29 is 23.8 Å². The SMILES string of the molecule is C=CC(=O)N1CCN(c2nc(OCCCN3C[C@@H]4C[C@H]3CO4)nc3c2CCN(c2cc(OC(=O)C(C)(C)C)cc4ccccc24)C3)CC1CC#N. The molecule has 3 saturated heterocycles. The molecule has 7 rings (SSSR count). The lowest BCUT2D eigenvalue weighted by molar-refractivity contribution is -0.143. The van der Waals surface area contributed by atoms with Crippen LogP contribution in [0, 0.1) is 16.7 Å². The number of nitrogens with zero attached hydrogens (tertiary/aromatic N) is 7. The Morgan fingerprint density at radius 1 is 1.12 bits per heavy atom. The molecule has 0 spiro atoms. The van der Waals surface area contributed by atoms with Crippen LogP contribution in [0.25, 0.3) is 10.8 Å². The van der Waals surface area contributed by atoms with Gasteiger partial charge in [0.1, 0.15) is 11.6 Å². The van der Waals surface area contributed by atoms with E-state index in [0.717, 1.165) is 66.1 Å². The van der Waals surface area contributed by atoms with Crippen molar-refractivity contribution in [3.05, 3.63) is 60.3 Å². The minimum atomic E-state index is -0.640. The van der Waals surface area contributed by atoms with Gasteiger partial charge in [-0.1, -0.05) is 30.8 Å². The molecule has 5 heterocycles. The van der Waals surface area contributed by atoms with Gasteiger partial charge >= 0.3 is 12.0 Å². The van der Waals surface area contributed by atoms with E-state index in [9.17, 15) is 14.9 Å². The number of carbonyl (C=O) groups is 2. The highest BCUT2D eigenvalue weighted by Crippen LogP contribution is 2.38. The molecule has 0 saturated carbocycles. The number of amides is 1. The summed E-state index contributed by atoms with van der Waals surface area (Å²) >= 11 is 0. The first kappa shape index (κ1) is 34.7. The molecular weight excluding hydrogens is 646 g/mol. The van der Waals surface area contributed by atoms with E-state index < -0.39 is 5.41 Å². The summed E-state index contributed by atoms with van der Waals surface area (Å²) in [7, 11) is 0. The van der Waals surface area contributed by atoms with Crippen LogP contribution in [0.1, 0.15) is 51.3 Å². The number of anilines is 2. The van der Waals surface area contributed by atoms with Crippen LogP contribution < -0.4 is 19.3 Å². The maximum Gasteiger partial charge on any atom is 0.318 e. The summed E-state index contributed by atoms with van der Waals surface area (Å²) < 4.78 is 17.9. The van der Waals surface area contributed by atoms with Crippen LogP contribution in [-0.2, 0) is 27.3 Å². The van der Waals surface area contributed by atoms with E-state index in [1.807, 2.05) is 51.1 Å². The third-order valence-electron chi connectivity index (χ3n) is 10.4. The maximum absolute atomic E-state index is 12.9. The zero-order valence-electron chi connectivity index (χ0n) is 29.8. The standard InChI is InChI=1S/C39H47N7O5/c1-5-35(47)46-17-16-45(22-27(46)11-13-40)36-32-12-15-44(34-21-29(51-37(48)39(2,3)4)19-26-9-6-7-10-31(26)34)24-33(32)41-38(42-36)49-18-8-14-43-23-30-20-28(43)25-50-30/h5-7,9-10,19,21,27-28,30H,1,8,11-12,14-18,20,22-25H2,2-4H3/t27?,28-,30-/m0/s1. The van der Waals surface area contributed by atoms with Crippen LogP contribution >= 0.6 is 0 Å². The highest BCUT2D eigenvalue weighted by atomic mass is 16.5. The largest absolute Gasteiger partial charge is 0.463 e. The van der Waals surface area contributed by atoms with Crippen molar-refractivity contribution >= 4 is 34.2 Å². The lowest BCUT2D eigenvalue weighted by atomic mass is 9.97. The van der Waals surface area contributed by atoms with Crippen molar-refractivity contribution in [3.8, 4) is 17.8 Å². The Hall–Kier alpha value is -4.73. The van der Waals surface area contributed by atoms with Gasteiger partial charge in [-0.15, -0.1) is 0 Å². The fraction of sp³-hybridized carbons (Fsp3) is 0.513. The number of aromatic nitrogens is 2. The van der Waals surface area contributed by atoms with Gasteiger partial charge in [0.05, 0.1) is 55.5 Å². The summed E-state index contributed by atoms with van der Waals surface area (Å²) in [5.41, 5.74) is 2.25. The van der Waals surface area contributed by atoms with Gasteiger partial charge in [-0.2, -0.15) is 15.2 Å². The van der Waals surface area contributed by atoms with Gasteiger partial charge in [0.15, 0.2) is 0 Å². The van der Waals surface area contributed by atoms with Crippen molar-refractivity contribution in [2.75, 3.05) is 62.3 Å². The second-order valence-electron chi connectivity index (χ2n) is 15.0. The first-order valence-corrected chi connectivity index (χ1v) is 18.0. The number of hydrogen-bond acceptors (Lipinski definition) is 11. The quantitative estimate of drug-likeness (QED) is 0.129. The van der Waals surface area contributed by atoms with E-state index in [4.69, 9.17) is 24.2 Å². The summed E-state index contributed by atoms with van der Waals surface area (Å²) in [6.07, 6.45) is 4.54. The fourth-order valence-electron chi connectivity index (χ4n) is 7.68. The molecule has 12 heteroatoms. The summed E-state index contributed by atoms with van der Waals surface area (Å²) in [5, 5.41) is 11.7. The lowest BCUT2D eigenvalue weighted by Gasteiger charge is -2.42. The minimum absolute atomic E-state index is 0.167. The molecule has 12 nitrogen and oxygen atoms in total. The summed E-state index contributed by atoms with van der Waals surface area (Å²) in [5.74, 6) is 0.854. The van der Waals surface area contributed by atoms with Gasteiger partial charge in [0.25, 0.3) is 0 Å².